The number of nitrogens with one attached hydrogen (secondary N) is 1. The molecule has 1 fully saturated rings. The topological polar surface area (TPSA) is 28.2 Å². The third-order valence-corrected chi connectivity index (χ3v) is 3.06. The van der Waals surface area contributed by atoms with E-state index >= 15 is 0 Å². The van der Waals surface area contributed by atoms with Crippen molar-refractivity contribution in [3.8, 4) is 0 Å². The minimum atomic E-state index is 0.569. The first-order valence-electron chi connectivity index (χ1n) is 5.64. The second-order valence-corrected chi connectivity index (χ2v) is 4.34. The Labute approximate surface area is 91.5 Å². The second-order valence-electron chi connectivity index (χ2n) is 4.34. The van der Waals surface area contributed by atoms with Gasteiger partial charge in [-0.3, -0.25) is 4.90 Å². The van der Waals surface area contributed by atoms with Crippen molar-refractivity contribution in [2.45, 2.75) is 31.8 Å². The Morgan fingerprint density at radius 3 is 2.93 bits per heavy atom. The maximum atomic E-state index is 4.24. The summed E-state index contributed by atoms with van der Waals surface area (Å²) in [5, 5.41) is 3.36. The Morgan fingerprint density at radius 1 is 1.53 bits per heavy atom. The Balaban J connectivity index is 1.77. The van der Waals surface area contributed by atoms with Gasteiger partial charge in [0, 0.05) is 24.8 Å². The number of anilines is 1. The fourth-order valence-electron chi connectivity index (χ4n) is 1.71. The Kier molecular flexibility index (Phi) is 3.21. The SMILES string of the molecule is CC(CNc1ccccn1)N(C)C1CC1. The molecule has 2 rings (SSSR count). The summed E-state index contributed by atoms with van der Waals surface area (Å²) in [6, 6.07) is 7.34. The molecule has 1 saturated carbocycles. The molecule has 0 aliphatic heterocycles. The molecule has 1 aliphatic carbocycles. The maximum Gasteiger partial charge on any atom is 0.125 e. The predicted molar refractivity (Wildman–Crippen MR) is 63.0 cm³/mol. The third-order valence-electron chi connectivity index (χ3n) is 3.06. The summed E-state index contributed by atoms with van der Waals surface area (Å²) in [5.74, 6) is 0.966. The molecule has 0 bridgehead atoms. The van der Waals surface area contributed by atoms with Crippen LogP contribution in [0, 0.1) is 0 Å². The molecule has 3 heteroatoms. The summed E-state index contributed by atoms with van der Waals surface area (Å²) in [5.41, 5.74) is 0. The van der Waals surface area contributed by atoms with Crippen LogP contribution in [0.1, 0.15) is 19.8 Å². The average molecular weight is 205 g/mol. The van der Waals surface area contributed by atoms with Gasteiger partial charge in [-0.15, -0.1) is 0 Å². The quantitative estimate of drug-likeness (QED) is 0.796. The van der Waals surface area contributed by atoms with E-state index in [1.807, 2.05) is 24.4 Å². The first-order valence-corrected chi connectivity index (χ1v) is 5.64. The van der Waals surface area contributed by atoms with Crippen LogP contribution in [-0.2, 0) is 0 Å². The van der Waals surface area contributed by atoms with E-state index in [1.165, 1.54) is 12.8 Å². The third kappa shape index (κ3) is 2.93. The molecule has 0 spiro atoms. The van der Waals surface area contributed by atoms with Crippen LogP contribution in [0.15, 0.2) is 24.4 Å². The molecule has 0 aromatic carbocycles. The Hall–Kier alpha value is -1.09. The van der Waals surface area contributed by atoms with Crippen LogP contribution >= 0.6 is 0 Å². The number of nitrogens with zero attached hydrogens (tertiary/aromatic N) is 2. The molecule has 1 heterocycles. The molecule has 1 aliphatic rings. The summed E-state index contributed by atoms with van der Waals surface area (Å²) in [6.07, 6.45) is 4.55. The van der Waals surface area contributed by atoms with Gasteiger partial charge in [-0.1, -0.05) is 6.07 Å². The number of aromatic nitrogens is 1. The lowest BCUT2D eigenvalue weighted by Gasteiger charge is -2.24. The van der Waals surface area contributed by atoms with Crippen molar-refractivity contribution in [1.29, 1.82) is 0 Å². The van der Waals surface area contributed by atoms with E-state index in [0.29, 0.717) is 6.04 Å². The highest BCUT2D eigenvalue weighted by Gasteiger charge is 2.28. The number of hydrogen-bond donors (Lipinski definition) is 1. The predicted octanol–water partition coefficient (Wildman–Crippen LogP) is 1.98. The van der Waals surface area contributed by atoms with Gasteiger partial charge in [0.2, 0.25) is 0 Å². The molecule has 1 aromatic heterocycles. The van der Waals surface area contributed by atoms with E-state index in [0.717, 1.165) is 18.4 Å². The van der Waals surface area contributed by atoms with Crippen molar-refractivity contribution in [1.82, 2.24) is 9.88 Å². The number of likely N-dealkylation sites (N-methyl/N-ethyl adjacent to an activating group) is 1. The summed E-state index contributed by atoms with van der Waals surface area (Å²) in [6.45, 7) is 3.22. The van der Waals surface area contributed by atoms with Crippen LogP contribution in [0.5, 0.6) is 0 Å². The molecule has 1 N–H and O–H groups in total. The molecule has 82 valence electrons. The maximum absolute atomic E-state index is 4.24. The zero-order chi connectivity index (χ0) is 10.7. The van der Waals surface area contributed by atoms with Gasteiger partial charge in [0.1, 0.15) is 5.82 Å². The first-order chi connectivity index (χ1) is 7.27. The van der Waals surface area contributed by atoms with E-state index in [-0.39, 0.29) is 0 Å². The van der Waals surface area contributed by atoms with Gasteiger partial charge < -0.3 is 5.32 Å². The lowest BCUT2D eigenvalue weighted by Crippen LogP contribution is -2.36. The van der Waals surface area contributed by atoms with Gasteiger partial charge in [0.25, 0.3) is 0 Å². The molecule has 1 aromatic rings. The zero-order valence-corrected chi connectivity index (χ0v) is 9.48. The molecule has 15 heavy (non-hydrogen) atoms. The molecule has 1 atom stereocenters. The molecule has 0 saturated heterocycles. The standard InChI is InChI=1S/C12H19N3/c1-10(15(2)11-6-7-11)9-14-12-5-3-4-8-13-12/h3-5,8,10-11H,6-7,9H2,1-2H3,(H,13,14). The molecule has 0 amide bonds. The molecule has 0 radical (unpaired) electrons. The molecular formula is C12H19N3. The Bertz CT molecular complexity index is 295. The van der Waals surface area contributed by atoms with E-state index < -0.39 is 0 Å². The van der Waals surface area contributed by atoms with E-state index in [4.69, 9.17) is 0 Å². The number of hydrogen-bond acceptors (Lipinski definition) is 3. The van der Waals surface area contributed by atoms with E-state index in [9.17, 15) is 0 Å². The minimum Gasteiger partial charge on any atom is -0.369 e. The second kappa shape index (κ2) is 4.62. The van der Waals surface area contributed by atoms with Gasteiger partial charge in [-0.25, -0.2) is 4.98 Å². The van der Waals surface area contributed by atoms with Crippen molar-refractivity contribution in [2.24, 2.45) is 0 Å². The first kappa shape index (κ1) is 10.4. The lowest BCUT2D eigenvalue weighted by atomic mass is 10.3. The summed E-state index contributed by atoms with van der Waals surface area (Å²) in [7, 11) is 2.21. The molecule has 1 unspecified atom stereocenters. The van der Waals surface area contributed by atoms with Gasteiger partial charge in [-0.05, 0) is 38.9 Å². The van der Waals surface area contributed by atoms with Crippen molar-refractivity contribution in [3.63, 3.8) is 0 Å². The van der Waals surface area contributed by atoms with Crippen LogP contribution in [0.4, 0.5) is 5.82 Å². The Morgan fingerprint density at radius 2 is 2.33 bits per heavy atom. The van der Waals surface area contributed by atoms with Crippen molar-refractivity contribution in [2.75, 3.05) is 18.9 Å². The van der Waals surface area contributed by atoms with Crippen LogP contribution in [0.3, 0.4) is 0 Å². The normalized spacial score (nSPS) is 17.8. The van der Waals surface area contributed by atoms with Gasteiger partial charge in [0.15, 0.2) is 0 Å². The van der Waals surface area contributed by atoms with Crippen LogP contribution in [0.2, 0.25) is 0 Å². The summed E-state index contributed by atoms with van der Waals surface area (Å²) in [4.78, 5) is 6.70. The largest absolute Gasteiger partial charge is 0.369 e. The van der Waals surface area contributed by atoms with E-state index in [2.05, 4.69) is 29.2 Å². The average Bonchev–Trinajstić information content (AvgIpc) is 3.10. The van der Waals surface area contributed by atoms with Crippen molar-refractivity contribution < 1.29 is 0 Å². The summed E-state index contributed by atoms with van der Waals surface area (Å²) >= 11 is 0. The van der Waals surface area contributed by atoms with Crippen LogP contribution in [-0.4, -0.2) is 35.6 Å². The molecular weight excluding hydrogens is 186 g/mol. The minimum absolute atomic E-state index is 0.569. The van der Waals surface area contributed by atoms with Gasteiger partial charge in [-0.2, -0.15) is 0 Å². The van der Waals surface area contributed by atoms with Crippen LogP contribution < -0.4 is 5.32 Å². The highest BCUT2D eigenvalue weighted by Crippen LogP contribution is 2.26. The van der Waals surface area contributed by atoms with Crippen LogP contribution in [0.25, 0.3) is 0 Å². The molecule has 3 nitrogen and oxygen atoms in total. The highest BCUT2D eigenvalue weighted by atomic mass is 15.2. The van der Waals surface area contributed by atoms with Gasteiger partial charge >= 0.3 is 0 Å². The van der Waals surface area contributed by atoms with Crippen molar-refractivity contribution >= 4 is 5.82 Å². The monoisotopic (exact) mass is 205 g/mol. The number of rotatable bonds is 5. The fraction of sp³-hybridized carbons (Fsp3) is 0.583. The van der Waals surface area contributed by atoms with E-state index in [1.54, 1.807) is 0 Å². The van der Waals surface area contributed by atoms with Gasteiger partial charge in [0.05, 0.1) is 0 Å². The fourth-order valence-corrected chi connectivity index (χ4v) is 1.71. The van der Waals surface area contributed by atoms with Crippen molar-refractivity contribution in [3.05, 3.63) is 24.4 Å². The number of pyridine rings is 1. The summed E-state index contributed by atoms with van der Waals surface area (Å²) < 4.78 is 0. The zero-order valence-electron chi connectivity index (χ0n) is 9.48. The lowest BCUT2D eigenvalue weighted by molar-refractivity contribution is 0.257. The smallest absolute Gasteiger partial charge is 0.125 e. The highest BCUT2D eigenvalue weighted by molar-refractivity contribution is 5.33.